The molecule has 1 fully saturated rings. The number of piperidine rings is 1. The molecule has 0 unspecified atom stereocenters. The average Bonchev–Trinajstić information content (AvgIpc) is 3.10. The Morgan fingerprint density at radius 3 is 2.55 bits per heavy atom. The largest absolute Gasteiger partial charge is 0.309 e. The Balaban J connectivity index is 1.21. The lowest BCUT2D eigenvalue weighted by molar-refractivity contribution is -0.118. The second-order valence-corrected chi connectivity index (χ2v) is 9.44. The minimum absolute atomic E-state index is 0.294. The second kappa shape index (κ2) is 6.98. The predicted octanol–water partition coefficient (Wildman–Crippen LogP) is 5.00. The number of carbonyl (C=O) groups excluding carboxylic acids is 1. The van der Waals surface area contributed by atoms with Gasteiger partial charge in [-0.15, -0.1) is 0 Å². The van der Waals surface area contributed by atoms with Gasteiger partial charge in [0.15, 0.2) is 0 Å². The Bertz CT molecular complexity index is 943. The summed E-state index contributed by atoms with van der Waals surface area (Å²) < 4.78 is 0. The molecule has 4 aliphatic rings. The molecule has 2 aromatic rings. The number of benzene rings is 2. The van der Waals surface area contributed by atoms with Crippen LogP contribution < -0.4 is 4.90 Å². The van der Waals surface area contributed by atoms with Crippen LogP contribution in [-0.4, -0.2) is 29.9 Å². The van der Waals surface area contributed by atoms with Crippen molar-refractivity contribution in [1.82, 2.24) is 4.90 Å². The van der Waals surface area contributed by atoms with Crippen molar-refractivity contribution < 1.29 is 4.79 Å². The standard InChI is InChI=1S/C26H30N2O/c29-25-17-20-5-1-2-10-23(20)28(25)21-13-15-27(16-14-21)24-12-11-19-7-3-6-18-8-4-9-22(24)26(18)19/h1-2,4-5,8-10,19,21,24H,3,6-7,11-17H2/t19-,24-/m1/s1. The molecule has 1 saturated heterocycles. The lowest BCUT2D eigenvalue weighted by Gasteiger charge is -2.44. The number of aryl methyl sites for hydroxylation is 1. The second-order valence-electron chi connectivity index (χ2n) is 9.44. The van der Waals surface area contributed by atoms with Gasteiger partial charge in [0, 0.05) is 30.9 Å². The number of carbonyl (C=O) groups is 1. The Kier molecular flexibility index (Phi) is 4.26. The molecular weight excluding hydrogens is 356 g/mol. The van der Waals surface area contributed by atoms with Crippen molar-refractivity contribution in [2.45, 2.75) is 69.4 Å². The average molecular weight is 387 g/mol. The maximum Gasteiger partial charge on any atom is 0.231 e. The molecule has 0 bridgehead atoms. The molecular formula is C26H30N2O. The number of likely N-dealkylation sites (tertiary alicyclic amines) is 1. The van der Waals surface area contributed by atoms with E-state index in [4.69, 9.17) is 0 Å². The number of amides is 1. The lowest BCUT2D eigenvalue weighted by atomic mass is 9.71. The molecule has 0 N–H and O–H groups in total. The molecule has 2 aliphatic heterocycles. The number of fused-ring (bicyclic) bond motifs is 1. The van der Waals surface area contributed by atoms with Gasteiger partial charge in [-0.25, -0.2) is 0 Å². The van der Waals surface area contributed by atoms with E-state index in [-0.39, 0.29) is 0 Å². The summed E-state index contributed by atoms with van der Waals surface area (Å²) in [5.41, 5.74) is 7.32. The van der Waals surface area contributed by atoms with Gasteiger partial charge in [0.25, 0.3) is 0 Å². The van der Waals surface area contributed by atoms with Crippen molar-refractivity contribution in [3.05, 3.63) is 64.7 Å². The van der Waals surface area contributed by atoms with Crippen LogP contribution in [0.3, 0.4) is 0 Å². The summed E-state index contributed by atoms with van der Waals surface area (Å²) in [5, 5.41) is 0. The van der Waals surface area contributed by atoms with E-state index in [1.165, 1.54) is 37.7 Å². The number of hydrogen-bond acceptors (Lipinski definition) is 2. The van der Waals surface area contributed by atoms with Gasteiger partial charge >= 0.3 is 0 Å². The Hall–Kier alpha value is -2.13. The topological polar surface area (TPSA) is 23.6 Å². The Labute approximate surface area is 173 Å². The minimum atomic E-state index is 0.294. The first-order valence-electron chi connectivity index (χ1n) is 11.6. The highest BCUT2D eigenvalue weighted by atomic mass is 16.2. The molecule has 0 saturated carbocycles. The zero-order chi connectivity index (χ0) is 19.4. The number of rotatable bonds is 2. The van der Waals surface area contributed by atoms with Crippen LogP contribution in [0.1, 0.15) is 72.7 Å². The van der Waals surface area contributed by atoms with E-state index in [2.05, 4.69) is 52.3 Å². The number of para-hydroxylation sites is 1. The van der Waals surface area contributed by atoms with Gasteiger partial charge < -0.3 is 4.90 Å². The minimum Gasteiger partial charge on any atom is -0.309 e. The molecule has 0 spiro atoms. The van der Waals surface area contributed by atoms with Crippen molar-refractivity contribution in [2.24, 2.45) is 0 Å². The lowest BCUT2D eigenvalue weighted by Crippen LogP contribution is -2.47. The van der Waals surface area contributed by atoms with Gasteiger partial charge in [-0.3, -0.25) is 9.69 Å². The fourth-order valence-electron chi connectivity index (χ4n) is 6.64. The van der Waals surface area contributed by atoms with Crippen molar-refractivity contribution >= 4 is 11.6 Å². The van der Waals surface area contributed by atoms with Crippen molar-refractivity contribution in [2.75, 3.05) is 18.0 Å². The molecule has 2 atom stereocenters. The van der Waals surface area contributed by atoms with E-state index in [0.717, 1.165) is 37.5 Å². The van der Waals surface area contributed by atoms with Crippen LogP contribution in [0.4, 0.5) is 5.69 Å². The fourth-order valence-corrected chi connectivity index (χ4v) is 6.64. The highest BCUT2D eigenvalue weighted by molar-refractivity contribution is 6.01. The van der Waals surface area contributed by atoms with Gasteiger partial charge in [0.2, 0.25) is 5.91 Å². The van der Waals surface area contributed by atoms with Crippen molar-refractivity contribution in [1.29, 1.82) is 0 Å². The van der Waals surface area contributed by atoms with Crippen LogP contribution in [0.15, 0.2) is 42.5 Å². The summed E-state index contributed by atoms with van der Waals surface area (Å²) in [6.07, 6.45) is 9.44. The summed E-state index contributed by atoms with van der Waals surface area (Å²) in [5.74, 6) is 1.10. The van der Waals surface area contributed by atoms with Crippen LogP contribution in [0.25, 0.3) is 0 Å². The van der Waals surface area contributed by atoms with Gasteiger partial charge in [0.05, 0.1) is 6.42 Å². The molecule has 0 radical (unpaired) electrons. The molecule has 150 valence electrons. The first-order chi connectivity index (χ1) is 14.3. The molecule has 2 aromatic carbocycles. The Morgan fingerprint density at radius 1 is 0.828 bits per heavy atom. The maximum atomic E-state index is 12.7. The highest BCUT2D eigenvalue weighted by Gasteiger charge is 2.38. The van der Waals surface area contributed by atoms with E-state index < -0.39 is 0 Å². The van der Waals surface area contributed by atoms with E-state index >= 15 is 0 Å². The molecule has 1 amide bonds. The van der Waals surface area contributed by atoms with Gasteiger partial charge in [-0.2, -0.15) is 0 Å². The van der Waals surface area contributed by atoms with Crippen LogP contribution >= 0.6 is 0 Å². The smallest absolute Gasteiger partial charge is 0.231 e. The molecule has 3 heteroatoms. The summed E-state index contributed by atoms with van der Waals surface area (Å²) in [7, 11) is 0. The fraction of sp³-hybridized carbons (Fsp3) is 0.500. The van der Waals surface area contributed by atoms with Crippen LogP contribution in [0.2, 0.25) is 0 Å². The van der Waals surface area contributed by atoms with E-state index in [1.807, 2.05) is 0 Å². The molecule has 6 rings (SSSR count). The molecule has 3 nitrogen and oxygen atoms in total. The van der Waals surface area contributed by atoms with E-state index in [1.54, 1.807) is 16.7 Å². The zero-order valence-electron chi connectivity index (χ0n) is 17.1. The molecule has 2 heterocycles. The third-order valence-electron chi connectivity index (χ3n) is 7.95. The van der Waals surface area contributed by atoms with Crippen LogP contribution in [0, 0.1) is 0 Å². The van der Waals surface area contributed by atoms with Gasteiger partial charge in [-0.1, -0.05) is 36.4 Å². The highest BCUT2D eigenvalue weighted by Crippen LogP contribution is 2.47. The van der Waals surface area contributed by atoms with E-state index in [0.29, 0.717) is 24.4 Å². The van der Waals surface area contributed by atoms with Gasteiger partial charge in [-0.05, 0) is 79.2 Å². The quantitative estimate of drug-likeness (QED) is 0.725. The summed E-state index contributed by atoms with van der Waals surface area (Å²) >= 11 is 0. The monoisotopic (exact) mass is 386 g/mol. The normalized spacial score (nSPS) is 27.0. The third kappa shape index (κ3) is 2.85. The SMILES string of the molecule is O=C1Cc2ccccc2N1C1CCN([C@@H]2CC[C@H]3CCCc4cccc2c43)CC1. The summed E-state index contributed by atoms with van der Waals surface area (Å²) in [6, 6.07) is 16.4. The van der Waals surface area contributed by atoms with Crippen LogP contribution in [-0.2, 0) is 17.6 Å². The first-order valence-corrected chi connectivity index (χ1v) is 11.6. The van der Waals surface area contributed by atoms with Crippen LogP contribution in [0.5, 0.6) is 0 Å². The molecule has 29 heavy (non-hydrogen) atoms. The zero-order valence-corrected chi connectivity index (χ0v) is 17.1. The molecule has 0 aromatic heterocycles. The van der Waals surface area contributed by atoms with E-state index in [9.17, 15) is 4.79 Å². The Morgan fingerprint density at radius 2 is 1.66 bits per heavy atom. The maximum absolute atomic E-state index is 12.7. The van der Waals surface area contributed by atoms with Gasteiger partial charge in [0.1, 0.15) is 0 Å². The molecule has 2 aliphatic carbocycles. The predicted molar refractivity (Wildman–Crippen MR) is 116 cm³/mol. The number of nitrogens with zero attached hydrogens (tertiary/aromatic N) is 2. The number of hydrogen-bond donors (Lipinski definition) is 0. The summed E-state index contributed by atoms with van der Waals surface area (Å²) in [4.78, 5) is 17.5. The third-order valence-corrected chi connectivity index (χ3v) is 7.95. The summed E-state index contributed by atoms with van der Waals surface area (Å²) in [6.45, 7) is 2.21. The van der Waals surface area contributed by atoms with Crippen molar-refractivity contribution in [3.63, 3.8) is 0 Å². The number of anilines is 1. The first kappa shape index (κ1) is 17.7. The van der Waals surface area contributed by atoms with Crippen molar-refractivity contribution in [3.8, 4) is 0 Å².